The smallest absolute Gasteiger partial charge is 0.232 e. The Labute approximate surface area is 140 Å². The van der Waals surface area contributed by atoms with Crippen LogP contribution < -0.4 is 10.1 Å². The Hall–Kier alpha value is -1.69. The van der Waals surface area contributed by atoms with Gasteiger partial charge in [-0.1, -0.05) is 19.8 Å². The minimum Gasteiger partial charge on any atom is -0.496 e. The number of methoxy groups -OCH3 is 1. The highest BCUT2D eigenvalue weighted by Gasteiger charge is 2.13. The zero-order chi connectivity index (χ0) is 17.2. The fourth-order valence-electron chi connectivity index (χ4n) is 2.13. The van der Waals surface area contributed by atoms with Crippen LogP contribution in [0.25, 0.3) is 0 Å². The molecule has 0 aliphatic heterocycles. The number of ketones is 1. The molecule has 0 aromatic heterocycles. The largest absolute Gasteiger partial charge is 0.496 e. The van der Waals surface area contributed by atoms with E-state index in [-0.39, 0.29) is 23.2 Å². The Bertz CT molecular complexity index is 572. The predicted octanol–water partition coefficient (Wildman–Crippen LogP) is 2.45. The lowest BCUT2D eigenvalue weighted by Gasteiger charge is -2.10. The molecule has 1 aromatic carbocycles. The van der Waals surface area contributed by atoms with Crippen molar-refractivity contribution in [3.63, 3.8) is 0 Å². The molecule has 6 heteroatoms. The van der Waals surface area contributed by atoms with Crippen LogP contribution in [0.1, 0.15) is 49.0 Å². The molecule has 0 saturated heterocycles. The van der Waals surface area contributed by atoms with Crippen LogP contribution in [0.5, 0.6) is 5.75 Å². The zero-order valence-electron chi connectivity index (χ0n) is 14.0. The molecular formula is C17H25NO4S. The molecule has 1 aromatic rings. The molecule has 0 spiro atoms. The summed E-state index contributed by atoms with van der Waals surface area (Å²) in [7, 11) is 0.178. The standard InChI is InChI=1S/C17H25NO4S/c1-4-5-6-9-18-17(20)12-23(21)11-15-10-14(13(2)19)7-8-16(15)22-3/h7-8,10H,4-6,9,11-12H2,1-3H3,(H,18,20). The summed E-state index contributed by atoms with van der Waals surface area (Å²) in [5.41, 5.74) is 1.22. The van der Waals surface area contributed by atoms with Gasteiger partial charge in [-0.3, -0.25) is 13.8 Å². The van der Waals surface area contributed by atoms with E-state index >= 15 is 0 Å². The van der Waals surface area contributed by atoms with E-state index in [1.807, 2.05) is 0 Å². The number of carbonyl (C=O) groups excluding carboxylic acids is 2. The summed E-state index contributed by atoms with van der Waals surface area (Å²) in [5, 5.41) is 2.78. The second-order valence-electron chi connectivity index (χ2n) is 5.37. The summed E-state index contributed by atoms with van der Waals surface area (Å²) in [6.07, 6.45) is 3.09. The molecule has 1 atom stereocenters. The Morgan fingerprint density at radius 3 is 2.61 bits per heavy atom. The van der Waals surface area contributed by atoms with Gasteiger partial charge in [0.2, 0.25) is 5.91 Å². The van der Waals surface area contributed by atoms with Crippen molar-refractivity contribution in [1.29, 1.82) is 0 Å². The lowest BCUT2D eigenvalue weighted by atomic mass is 10.1. The van der Waals surface area contributed by atoms with Crippen molar-refractivity contribution in [1.82, 2.24) is 5.32 Å². The molecule has 0 bridgehead atoms. The van der Waals surface area contributed by atoms with Gasteiger partial charge in [0.1, 0.15) is 11.5 Å². The zero-order valence-corrected chi connectivity index (χ0v) is 14.8. The van der Waals surface area contributed by atoms with Crippen molar-refractivity contribution in [3.8, 4) is 5.75 Å². The first kappa shape index (κ1) is 19.4. The monoisotopic (exact) mass is 339 g/mol. The number of nitrogens with one attached hydrogen (secondary N) is 1. The van der Waals surface area contributed by atoms with Gasteiger partial charge in [0.05, 0.1) is 12.9 Å². The van der Waals surface area contributed by atoms with Crippen molar-refractivity contribution in [2.75, 3.05) is 19.4 Å². The van der Waals surface area contributed by atoms with E-state index < -0.39 is 10.8 Å². The molecule has 0 radical (unpaired) electrons. The minimum atomic E-state index is -1.35. The lowest BCUT2D eigenvalue weighted by molar-refractivity contribution is -0.118. The van der Waals surface area contributed by atoms with Crippen LogP contribution in [0.2, 0.25) is 0 Å². The fraction of sp³-hybridized carbons (Fsp3) is 0.529. The van der Waals surface area contributed by atoms with E-state index in [2.05, 4.69) is 12.2 Å². The van der Waals surface area contributed by atoms with Gasteiger partial charge in [-0.15, -0.1) is 0 Å². The van der Waals surface area contributed by atoms with E-state index in [4.69, 9.17) is 4.74 Å². The molecule has 1 unspecified atom stereocenters. The molecule has 0 saturated carbocycles. The number of hydrogen-bond acceptors (Lipinski definition) is 4. The van der Waals surface area contributed by atoms with Crippen molar-refractivity contribution >= 4 is 22.5 Å². The van der Waals surface area contributed by atoms with Gasteiger partial charge in [-0.2, -0.15) is 0 Å². The number of Topliss-reactive ketones (excluding diaryl/α,β-unsaturated/α-hetero) is 1. The SMILES string of the molecule is CCCCCNC(=O)CS(=O)Cc1cc(C(C)=O)ccc1OC. The van der Waals surface area contributed by atoms with Crippen LogP contribution in [-0.4, -0.2) is 35.3 Å². The Morgan fingerprint density at radius 2 is 2.00 bits per heavy atom. The van der Waals surface area contributed by atoms with Gasteiger partial charge in [-0.05, 0) is 31.5 Å². The topological polar surface area (TPSA) is 72.5 Å². The van der Waals surface area contributed by atoms with E-state index in [0.29, 0.717) is 23.4 Å². The molecule has 0 heterocycles. The third kappa shape index (κ3) is 6.95. The van der Waals surface area contributed by atoms with Crippen molar-refractivity contribution < 1.29 is 18.5 Å². The third-order valence-electron chi connectivity index (χ3n) is 3.40. The maximum atomic E-state index is 12.2. The summed E-state index contributed by atoms with van der Waals surface area (Å²) in [4.78, 5) is 23.2. The molecule has 23 heavy (non-hydrogen) atoms. The van der Waals surface area contributed by atoms with Crippen LogP contribution in [0.3, 0.4) is 0 Å². The van der Waals surface area contributed by atoms with E-state index in [1.54, 1.807) is 18.2 Å². The van der Waals surface area contributed by atoms with Gasteiger partial charge in [-0.25, -0.2) is 0 Å². The third-order valence-corrected chi connectivity index (χ3v) is 4.62. The van der Waals surface area contributed by atoms with Crippen molar-refractivity contribution in [2.24, 2.45) is 0 Å². The Morgan fingerprint density at radius 1 is 1.26 bits per heavy atom. The van der Waals surface area contributed by atoms with Crippen LogP contribution in [-0.2, 0) is 21.3 Å². The highest BCUT2D eigenvalue weighted by atomic mass is 32.2. The number of benzene rings is 1. The number of hydrogen-bond donors (Lipinski definition) is 1. The summed E-state index contributed by atoms with van der Waals surface area (Å²) >= 11 is 0. The molecule has 1 amide bonds. The maximum Gasteiger partial charge on any atom is 0.232 e. The van der Waals surface area contributed by atoms with E-state index in [0.717, 1.165) is 19.3 Å². The predicted molar refractivity (Wildman–Crippen MR) is 92.2 cm³/mol. The maximum absolute atomic E-state index is 12.2. The van der Waals surface area contributed by atoms with Gasteiger partial charge in [0, 0.05) is 28.5 Å². The Balaban J connectivity index is 2.60. The van der Waals surface area contributed by atoms with Gasteiger partial charge >= 0.3 is 0 Å². The molecule has 128 valence electrons. The molecule has 0 fully saturated rings. The van der Waals surface area contributed by atoms with Crippen LogP contribution >= 0.6 is 0 Å². The molecule has 1 N–H and O–H groups in total. The highest BCUT2D eigenvalue weighted by Crippen LogP contribution is 2.21. The Kier molecular flexibility index (Phi) is 8.55. The molecule has 5 nitrogen and oxygen atoms in total. The summed E-state index contributed by atoms with van der Waals surface area (Å²) < 4.78 is 17.4. The van der Waals surface area contributed by atoms with Gasteiger partial charge in [0.15, 0.2) is 5.78 Å². The number of unbranched alkanes of at least 4 members (excludes halogenated alkanes) is 2. The normalized spacial score (nSPS) is 11.8. The van der Waals surface area contributed by atoms with Crippen LogP contribution in [0, 0.1) is 0 Å². The number of ether oxygens (including phenoxy) is 1. The molecule has 0 aliphatic rings. The van der Waals surface area contributed by atoms with Crippen LogP contribution in [0.15, 0.2) is 18.2 Å². The molecular weight excluding hydrogens is 314 g/mol. The van der Waals surface area contributed by atoms with Gasteiger partial charge in [0.25, 0.3) is 0 Å². The molecule has 1 rings (SSSR count). The lowest BCUT2D eigenvalue weighted by Crippen LogP contribution is -2.29. The first-order valence-corrected chi connectivity index (χ1v) is 9.26. The van der Waals surface area contributed by atoms with Crippen molar-refractivity contribution in [3.05, 3.63) is 29.3 Å². The number of carbonyl (C=O) groups is 2. The summed E-state index contributed by atoms with van der Waals surface area (Å²) in [6.45, 7) is 4.19. The number of rotatable bonds is 10. The van der Waals surface area contributed by atoms with Gasteiger partial charge < -0.3 is 10.1 Å². The van der Waals surface area contributed by atoms with Crippen molar-refractivity contribution in [2.45, 2.75) is 38.9 Å². The summed E-state index contributed by atoms with van der Waals surface area (Å²) in [6, 6.07) is 5.04. The highest BCUT2D eigenvalue weighted by molar-refractivity contribution is 7.84. The van der Waals surface area contributed by atoms with Crippen LogP contribution in [0.4, 0.5) is 0 Å². The second kappa shape index (κ2) is 10.2. The van der Waals surface area contributed by atoms with E-state index in [9.17, 15) is 13.8 Å². The second-order valence-corrected chi connectivity index (χ2v) is 6.83. The average Bonchev–Trinajstić information content (AvgIpc) is 2.51. The minimum absolute atomic E-state index is 0.0421. The first-order valence-electron chi connectivity index (χ1n) is 7.77. The summed E-state index contributed by atoms with van der Waals surface area (Å²) in [5.74, 6) is 0.452. The van der Waals surface area contributed by atoms with E-state index in [1.165, 1.54) is 14.0 Å². The fourth-order valence-corrected chi connectivity index (χ4v) is 3.20. The molecule has 0 aliphatic carbocycles. The average molecular weight is 339 g/mol. The quantitative estimate of drug-likeness (QED) is 0.525. The number of amides is 1. The first-order chi connectivity index (χ1) is 11.0.